The average Bonchev–Trinajstić information content (AvgIpc) is 2.99. The number of nitrogens with zero attached hydrogens (tertiary/aromatic N) is 2. The highest BCUT2D eigenvalue weighted by molar-refractivity contribution is 6.00. The number of fused-ring (bicyclic) bond motifs is 1. The van der Waals surface area contributed by atoms with E-state index in [0.29, 0.717) is 11.3 Å². The Morgan fingerprint density at radius 3 is 2.59 bits per heavy atom. The Hall–Kier alpha value is -2.66. The molecule has 0 atom stereocenters. The van der Waals surface area contributed by atoms with E-state index in [9.17, 15) is 4.79 Å². The lowest BCUT2D eigenvalue weighted by Crippen LogP contribution is -2.30. The van der Waals surface area contributed by atoms with Gasteiger partial charge in [-0.15, -0.1) is 0 Å². The van der Waals surface area contributed by atoms with Gasteiger partial charge in [-0.1, -0.05) is 36.4 Å². The van der Waals surface area contributed by atoms with Gasteiger partial charge in [-0.25, -0.2) is 5.84 Å². The number of hydrogen-bond donors (Lipinski definition) is 2. The van der Waals surface area contributed by atoms with Crippen molar-refractivity contribution in [1.82, 2.24) is 15.2 Å². The van der Waals surface area contributed by atoms with E-state index in [0.717, 1.165) is 16.3 Å². The molecule has 0 aliphatic rings. The quantitative estimate of drug-likeness (QED) is 0.443. The Bertz CT molecular complexity index is 836. The summed E-state index contributed by atoms with van der Waals surface area (Å²) in [5.41, 5.74) is 4.21. The molecular weight excluding hydrogens is 276 g/mol. The normalized spacial score (nSPS) is 11.1. The summed E-state index contributed by atoms with van der Waals surface area (Å²) in [6.45, 7) is 4.03. The van der Waals surface area contributed by atoms with Crippen LogP contribution >= 0.6 is 0 Å². The van der Waals surface area contributed by atoms with Crippen LogP contribution in [-0.2, 0) is 0 Å². The summed E-state index contributed by atoms with van der Waals surface area (Å²) in [5, 5.41) is 6.82. The number of hydrogen-bond acceptors (Lipinski definition) is 3. The van der Waals surface area contributed by atoms with Crippen molar-refractivity contribution in [2.75, 3.05) is 0 Å². The summed E-state index contributed by atoms with van der Waals surface area (Å²) >= 11 is 0. The number of amides is 1. The van der Waals surface area contributed by atoms with Crippen LogP contribution < -0.4 is 11.3 Å². The smallest absolute Gasteiger partial charge is 0.269 e. The molecule has 0 aliphatic heterocycles. The Balaban J connectivity index is 2.17. The van der Waals surface area contributed by atoms with Gasteiger partial charge >= 0.3 is 0 Å². The molecule has 0 saturated carbocycles. The predicted octanol–water partition coefficient (Wildman–Crippen LogP) is 2.89. The van der Waals surface area contributed by atoms with Crippen molar-refractivity contribution in [1.29, 1.82) is 0 Å². The summed E-state index contributed by atoms with van der Waals surface area (Å²) in [7, 11) is 0. The Labute approximate surface area is 128 Å². The minimum absolute atomic E-state index is 0.165. The highest BCUT2D eigenvalue weighted by Gasteiger charge is 2.18. The average molecular weight is 294 g/mol. The molecule has 3 N–H and O–H groups in total. The topological polar surface area (TPSA) is 72.9 Å². The second kappa shape index (κ2) is 5.61. The number of nitrogens with one attached hydrogen (secondary N) is 1. The Morgan fingerprint density at radius 1 is 1.18 bits per heavy atom. The van der Waals surface area contributed by atoms with Crippen molar-refractivity contribution in [3.63, 3.8) is 0 Å². The molecule has 3 rings (SSSR count). The van der Waals surface area contributed by atoms with E-state index < -0.39 is 0 Å². The number of hydrazine groups is 1. The molecule has 0 radical (unpaired) electrons. The molecule has 0 unspecified atom stereocenters. The van der Waals surface area contributed by atoms with E-state index in [1.54, 1.807) is 10.9 Å². The molecule has 5 heteroatoms. The first-order valence-electron chi connectivity index (χ1n) is 7.19. The third-order valence-corrected chi connectivity index (χ3v) is 3.66. The van der Waals surface area contributed by atoms with Crippen LogP contribution in [0.15, 0.2) is 48.7 Å². The maximum atomic E-state index is 12.0. The Kier molecular flexibility index (Phi) is 3.65. The monoisotopic (exact) mass is 294 g/mol. The molecule has 0 saturated heterocycles. The molecule has 0 fully saturated rings. The lowest BCUT2D eigenvalue weighted by molar-refractivity contribution is 0.0954. The number of rotatable bonds is 3. The third-order valence-electron chi connectivity index (χ3n) is 3.66. The van der Waals surface area contributed by atoms with Crippen LogP contribution in [0.3, 0.4) is 0 Å². The lowest BCUT2D eigenvalue weighted by atomic mass is 10.0. The maximum Gasteiger partial charge on any atom is 0.269 e. The van der Waals surface area contributed by atoms with Gasteiger partial charge in [-0.3, -0.25) is 14.9 Å². The van der Waals surface area contributed by atoms with Crippen molar-refractivity contribution < 1.29 is 4.79 Å². The van der Waals surface area contributed by atoms with E-state index in [2.05, 4.69) is 16.6 Å². The number of benzene rings is 2. The van der Waals surface area contributed by atoms with E-state index in [1.165, 1.54) is 0 Å². The molecule has 1 aromatic heterocycles. The number of nitrogen functional groups attached to an aromatic ring is 1. The van der Waals surface area contributed by atoms with Crippen LogP contribution in [0.4, 0.5) is 0 Å². The molecule has 1 heterocycles. The number of nitrogens with two attached hydrogens (primary N) is 1. The zero-order chi connectivity index (χ0) is 15.7. The van der Waals surface area contributed by atoms with E-state index in [-0.39, 0.29) is 11.9 Å². The first kappa shape index (κ1) is 14.3. The van der Waals surface area contributed by atoms with Crippen molar-refractivity contribution >= 4 is 16.7 Å². The molecule has 0 aliphatic carbocycles. The fraction of sp³-hybridized carbons (Fsp3) is 0.176. The van der Waals surface area contributed by atoms with Crippen molar-refractivity contribution in [2.24, 2.45) is 5.84 Å². The molecular formula is C17H18N4O. The Morgan fingerprint density at radius 2 is 1.91 bits per heavy atom. The van der Waals surface area contributed by atoms with Gasteiger partial charge in [0.15, 0.2) is 0 Å². The maximum absolute atomic E-state index is 12.0. The van der Waals surface area contributed by atoms with Gasteiger partial charge in [0.2, 0.25) is 0 Å². The SMILES string of the molecule is CC(C)n1cc(C(=O)NN)c(-c2ccc3ccccc3c2)n1. The van der Waals surface area contributed by atoms with E-state index in [4.69, 9.17) is 5.84 Å². The third kappa shape index (κ3) is 2.46. The molecule has 0 spiro atoms. The van der Waals surface area contributed by atoms with Crippen LogP contribution in [0.25, 0.3) is 22.0 Å². The zero-order valence-electron chi connectivity index (χ0n) is 12.6. The van der Waals surface area contributed by atoms with Gasteiger partial charge in [0.05, 0.1) is 5.56 Å². The van der Waals surface area contributed by atoms with Crippen molar-refractivity contribution in [3.05, 3.63) is 54.2 Å². The van der Waals surface area contributed by atoms with Gasteiger partial charge in [0.25, 0.3) is 5.91 Å². The minimum Gasteiger partial charge on any atom is -0.290 e. The van der Waals surface area contributed by atoms with E-state index in [1.807, 2.05) is 50.2 Å². The number of carbonyl (C=O) groups is 1. The van der Waals surface area contributed by atoms with Gasteiger partial charge in [0, 0.05) is 17.8 Å². The van der Waals surface area contributed by atoms with Crippen LogP contribution in [0.2, 0.25) is 0 Å². The van der Waals surface area contributed by atoms with Gasteiger partial charge in [0.1, 0.15) is 5.69 Å². The van der Waals surface area contributed by atoms with E-state index >= 15 is 0 Å². The fourth-order valence-corrected chi connectivity index (χ4v) is 2.45. The number of aromatic nitrogens is 2. The summed E-state index contributed by atoms with van der Waals surface area (Å²) in [6, 6.07) is 14.3. The first-order chi connectivity index (χ1) is 10.6. The van der Waals surface area contributed by atoms with Gasteiger partial charge < -0.3 is 0 Å². The summed E-state index contributed by atoms with van der Waals surface area (Å²) in [6.07, 6.45) is 1.73. The highest BCUT2D eigenvalue weighted by Crippen LogP contribution is 2.27. The summed E-state index contributed by atoms with van der Waals surface area (Å²) in [5.74, 6) is 4.95. The molecule has 5 nitrogen and oxygen atoms in total. The van der Waals surface area contributed by atoms with Crippen molar-refractivity contribution in [3.8, 4) is 11.3 Å². The van der Waals surface area contributed by atoms with Gasteiger partial charge in [-0.05, 0) is 30.7 Å². The van der Waals surface area contributed by atoms with Gasteiger partial charge in [-0.2, -0.15) is 5.10 Å². The highest BCUT2D eigenvalue weighted by atomic mass is 16.2. The summed E-state index contributed by atoms with van der Waals surface area (Å²) < 4.78 is 1.77. The predicted molar refractivity (Wildman–Crippen MR) is 87.2 cm³/mol. The largest absolute Gasteiger partial charge is 0.290 e. The van der Waals surface area contributed by atoms with Crippen LogP contribution in [0.5, 0.6) is 0 Å². The summed E-state index contributed by atoms with van der Waals surface area (Å²) in [4.78, 5) is 12.0. The first-order valence-corrected chi connectivity index (χ1v) is 7.19. The number of carbonyl (C=O) groups excluding carboxylic acids is 1. The molecule has 1 amide bonds. The lowest BCUT2D eigenvalue weighted by Gasteiger charge is -2.04. The standard InChI is InChI=1S/C17H18N4O/c1-11(2)21-10-15(17(22)19-18)16(20-21)14-8-7-12-5-3-4-6-13(12)9-14/h3-11H,18H2,1-2H3,(H,19,22). The van der Waals surface area contributed by atoms with Crippen LogP contribution in [0, 0.1) is 0 Å². The fourth-order valence-electron chi connectivity index (χ4n) is 2.45. The molecule has 22 heavy (non-hydrogen) atoms. The second-order valence-electron chi connectivity index (χ2n) is 5.50. The van der Waals surface area contributed by atoms with Crippen LogP contribution in [-0.4, -0.2) is 15.7 Å². The molecule has 2 aromatic carbocycles. The molecule has 0 bridgehead atoms. The minimum atomic E-state index is -0.338. The zero-order valence-corrected chi connectivity index (χ0v) is 12.6. The van der Waals surface area contributed by atoms with Crippen molar-refractivity contribution in [2.45, 2.75) is 19.9 Å². The second-order valence-corrected chi connectivity index (χ2v) is 5.50. The van der Waals surface area contributed by atoms with Crippen LogP contribution in [0.1, 0.15) is 30.2 Å². The molecule has 112 valence electrons. The molecule has 3 aromatic rings.